The van der Waals surface area contributed by atoms with Crippen LogP contribution in [0.1, 0.15) is 56.1 Å². The van der Waals surface area contributed by atoms with Gasteiger partial charge < -0.3 is 0 Å². The Labute approximate surface area is 150 Å². The third kappa shape index (κ3) is 6.94. The minimum absolute atomic E-state index is 0.526. The fraction of sp³-hybridized carbons (Fsp3) is 0.455. The number of unbranched alkanes of at least 4 members (excludes halogenated alkanes) is 1. The van der Waals surface area contributed by atoms with Gasteiger partial charge in [0, 0.05) is 0 Å². The van der Waals surface area contributed by atoms with Gasteiger partial charge in [-0.2, -0.15) is 14.9 Å². The van der Waals surface area contributed by atoms with Gasteiger partial charge in [-0.05, 0) is 74.1 Å². The highest BCUT2D eigenvalue weighted by atomic mass is 19.1. The molecule has 2 rings (SSSR count). The van der Waals surface area contributed by atoms with E-state index in [9.17, 15) is 4.39 Å². The first-order valence-electron chi connectivity index (χ1n) is 9.14. The van der Waals surface area contributed by atoms with Crippen LogP contribution in [0, 0.1) is 34.5 Å². The molecule has 3 heteroatoms. The topological polar surface area (TPSA) is 47.6 Å². The van der Waals surface area contributed by atoms with E-state index in [4.69, 9.17) is 10.5 Å². The molecule has 25 heavy (non-hydrogen) atoms. The Morgan fingerprint density at radius 3 is 2.44 bits per heavy atom. The predicted octanol–water partition coefficient (Wildman–Crippen LogP) is 6.01. The van der Waals surface area contributed by atoms with Gasteiger partial charge in [0.2, 0.25) is 0 Å². The van der Waals surface area contributed by atoms with E-state index in [1.807, 2.05) is 18.2 Å². The molecule has 1 aromatic rings. The summed E-state index contributed by atoms with van der Waals surface area (Å²) >= 11 is 0. The SMILES string of the molecule is N#CC(F)=CC=C[C@H]1CC[C@H](CCCCc2ccc(C#N)cc2)CC1. The van der Waals surface area contributed by atoms with Gasteiger partial charge in [-0.25, -0.2) is 0 Å². The summed E-state index contributed by atoms with van der Waals surface area (Å²) in [6, 6.07) is 11.5. The zero-order chi connectivity index (χ0) is 17.9. The van der Waals surface area contributed by atoms with Gasteiger partial charge in [0.25, 0.3) is 0 Å². The molecule has 0 aromatic heterocycles. The molecule has 0 heterocycles. The van der Waals surface area contributed by atoms with Crippen molar-refractivity contribution in [1.82, 2.24) is 0 Å². The van der Waals surface area contributed by atoms with Crippen LogP contribution in [0.4, 0.5) is 4.39 Å². The lowest BCUT2D eigenvalue weighted by atomic mass is 9.79. The van der Waals surface area contributed by atoms with Gasteiger partial charge in [-0.15, -0.1) is 0 Å². The number of nitrogens with zero attached hydrogens (tertiary/aromatic N) is 2. The average Bonchev–Trinajstić information content (AvgIpc) is 2.66. The first kappa shape index (κ1) is 18.9. The van der Waals surface area contributed by atoms with Crippen LogP contribution >= 0.6 is 0 Å². The van der Waals surface area contributed by atoms with E-state index in [0.717, 1.165) is 17.9 Å². The third-order valence-electron chi connectivity index (χ3n) is 5.03. The molecule has 1 aliphatic carbocycles. The number of hydrogen-bond donors (Lipinski definition) is 0. The molecule has 1 aliphatic rings. The highest BCUT2D eigenvalue weighted by Gasteiger charge is 2.18. The summed E-state index contributed by atoms with van der Waals surface area (Å²) < 4.78 is 12.7. The predicted molar refractivity (Wildman–Crippen MR) is 98.1 cm³/mol. The normalized spacial score (nSPS) is 21.0. The van der Waals surface area contributed by atoms with Crippen molar-refractivity contribution in [3.63, 3.8) is 0 Å². The highest BCUT2D eigenvalue weighted by Crippen LogP contribution is 2.32. The summed E-state index contributed by atoms with van der Waals surface area (Å²) in [7, 11) is 0. The van der Waals surface area contributed by atoms with Gasteiger partial charge in [-0.3, -0.25) is 0 Å². The zero-order valence-electron chi connectivity index (χ0n) is 14.6. The second-order valence-corrected chi connectivity index (χ2v) is 6.85. The lowest BCUT2D eigenvalue weighted by molar-refractivity contribution is 0.289. The van der Waals surface area contributed by atoms with Crippen LogP contribution in [-0.2, 0) is 6.42 Å². The fourth-order valence-corrected chi connectivity index (χ4v) is 3.51. The highest BCUT2D eigenvalue weighted by molar-refractivity contribution is 5.31. The van der Waals surface area contributed by atoms with Crippen LogP contribution in [0.15, 0.2) is 48.3 Å². The lowest BCUT2D eigenvalue weighted by Crippen LogP contribution is -2.13. The first-order chi connectivity index (χ1) is 12.2. The molecule has 0 spiro atoms. The number of hydrogen-bond acceptors (Lipinski definition) is 2. The number of allylic oxidation sites excluding steroid dienone is 4. The Morgan fingerprint density at radius 2 is 1.80 bits per heavy atom. The minimum Gasteiger partial charge on any atom is -0.195 e. The maximum Gasteiger partial charge on any atom is 0.199 e. The van der Waals surface area contributed by atoms with Gasteiger partial charge >= 0.3 is 0 Å². The van der Waals surface area contributed by atoms with Gasteiger partial charge in [-0.1, -0.05) is 37.1 Å². The van der Waals surface area contributed by atoms with Crippen molar-refractivity contribution in [2.45, 2.75) is 51.4 Å². The maximum atomic E-state index is 12.7. The second-order valence-electron chi connectivity index (χ2n) is 6.85. The van der Waals surface area contributed by atoms with Crippen molar-refractivity contribution in [1.29, 1.82) is 10.5 Å². The second kappa shape index (κ2) is 10.5. The Hall–Kier alpha value is -2.39. The molecular formula is C22H25FN2. The van der Waals surface area contributed by atoms with Gasteiger partial charge in [0.05, 0.1) is 11.6 Å². The van der Waals surface area contributed by atoms with Crippen molar-refractivity contribution in [2.24, 2.45) is 11.8 Å². The summed E-state index contributed by atoms with van der Waals surface area (Å²) in [5, 5.41) is 17.2. The Bertz CT molecular complexity index is 665. The maximum absolute atomic E-state index is 12.7. The molecule has 1 saturated carbocycles. The molecular weight excluding hydrogens is 311 g/mol. The van der Waals surface area contributed by atoms with Crippen LogP contribution in [-0.4, -0.2) is 0 Å². The Kier molecular flexibility index (Phi) is 7.93. The van der Waals surface area contributed by atoms with Crippen molar-refractivity contribution in [3.8, 4) is 12.1 Å². The third-order valence-corrected chi connectivity index (χ3v) is 5.03. The van der Waals surface area contributed by atoms with Crippen molar-refractivity contribution in [2.75, 3.05) is 0 Å². The van der Waals surface area contributed by atoms with E-state index < -0.39 is 5.83 Å². The fourth-order valence-electron chi connectivity index (χ4n) is 3.51. The number of nitriles is 2. The largest absolute Gasteiger partial charge is 0.199 e. The number of rotatable bonds is 7. The summed E-state index contributed by atoms with van der Waals surface area (Å²) in [5.41, 5.74) is 2.03. The summed E-state index contributed by atoms with van der Waals surface area (Å²) in [6.45, 7) is 0. The monoisotopic (exact) mass is 336 g/mol. The quantitative estimate of drug-likeness (QED) is 0.348. The molecule has 0 atom stereocenters. The van der Waals surface area contributed by atoms with Crippen LogP contribution in [0.25, 0.3) is 0 Å². The van der Waals surface area contributed by atoms with E-state index >= 15 is 0 Å². The molecule has 1 aromatic carbocycles. The average molecular weight is 336 g/mol. The summed E-state index contributed by atoms with van der Waals surface area (Å²) in [5.74, 6) is 0.613. The molecule has 0 amide bonds. The molecule has 0 saturated heterocycles. The van der Waals surface area contributed by atoms with E-state index in [2.05, 4.69) is 18.2 Å². The Balaban J connectivity index is 1.61. The Morgan fingerprint density at radius 1 is 1.08 bits per heavy atom. The van der Waals surface area contributed by atoms with Gasteiger partial charge in [0.15, 0.2) is 5.83 Å². The van der Waals surface area contributed by atoms with Crippen LogP contribution < -0.4 is 0 Å². The lowest BCUT2D eigenvalue weighted by Gasteiger charge is -2.26. The standard InChI is InChI=1S/C22H25FN2/c23-22(17-25)7-3-6-20-10-8-18(9-11-20)4-1-2-5-19-12-14-21(16-24)15-13-19/h3,6-7,12-15,18,20H,1-2,4-5,8-11H2/t18-,20-. The van der Waals surface area contributed by atoms with Crippen molar-refractivity contribution < 1.29 is 4.39 Å². The first-order valence-corrected chi connectivity index (χ1v) is 9.14. The molecule has 0 aliphatic heterocycles. The molecule has 0 radical (unpaired) electrons. The molecule has 130 valence electrons. The van der Waals surface area contributed by atoms with Crippen molar-refractivity contribution >= 4 is 0 Å². The molecule has 0 bridgehead atoms. The van der Waals surface area contributed by atoms with Crippen LogP contribution in [0.5, 0.6) is 0 Å². The van der Waals surface area contributed by atoms with Crippen LogP contribution in [0.3, 0.4) is 0 Å². The molecule has 0 unspecified atom stereocenters. The number of benzene rings is 1. The molecule has 2 nitrogen and oxygen atoms in total. The van der Waals surface area contributed by atoms with E-state index in [-0.39, 0.29) is 0 Å². The number of aryl methyl sites for hydroxylation is 1. The van der Waals surface area contributed by atoms with E-state index in [0.29, 0.717) is 5.92 Å². The number of halogens is 1. The van der Waals surface area contributed by atoms with E-state index in [1.54, 1.807) is 6.08 Å². The summed E-state index contributed by atoms with van der Waals surface area (Å²) in [6.07, 6.45) is 14.6. The minimum atomic E-state index is -0.729. The smallest absolute Gasteiger partial charge is 0.195 e. The summed E-state index contributed by atoms with van der Waals surface area (Å²) in [4.78, 5) is 0. The molecule has 0 N–H and O–H groups in total. The van der Waals surface area contributed by atoms with Crippen molar-refractivity contribution in [3.05, 3.63) is 59.4 Å². The zero-order valence-corrected chi connectivity index (χ0v) is 14.6. The molecule has 1 fully saturated rings. The van der Waals surface area contributed by atoms with Crippen LogP contribution in [0.2, 0.25) is 0 Å². The van der Waals surface area contributed by atoms with Gasteiger partial charge in [0.1, 0.15) is 6.07 Å². The van der Waals surface area contributed by atoms with E-state index in [1.165, 1.54) is 62.7 Å².